The van der Waals surface area contributed by atoms with E-state index in [1.54, 1.807) is 31.2 Å². The molecule has 0 amide bonds. The van der Waals surface area contributed by atoms with Crippen molar-refractivity contribution in [2.45, 2.75) is 13.1 Å². The van der Waals surface area contributed by atoms with Gasteiger partial charge < -0.3 is 0 Å². The van der Waals surface area contributed by atoms with Crippen molar-refractivity contribution in [1.29, 1.82) is 10.5 Å². The number of nitriles is 2. The Morgan fingerprint density at radius 3 is 2.19 bits per heavy atom. The van der Waals surface area contributed by atoms with E-state index in [-0.39, 0.29) is 0 Å². The Morgan fingerprint density at radius 2 is 1.67 bits per heavy atom. The molecule has 0 aromatic heterocycles. The van der Waals surface area contributed by atoms with Crippen molar-refractivity contribution in [3.63, 3.8) is 0 Å². The highest BCUT2D eigenvalue weighted by Crippen LogP contribution is 2.35. The lowest BCUT2D eigenvalue weighted by Gasteiger charge is -2.12. The minimum atomic E-state index is -4.58. The lowest BCUT2D eigenvalue weighted by Crippen LogP contribution is -2.08. The summed E-state index contributed by atoms with van der Waals surface area (Å²) in [5.74, 6) is 0. The van der Waals surface area contributed by atoms with E-state index in [2.05, 4.69) is 0 Å². The molecule has 0 N–H and O–H groups in total. The van der Waals surface area contributed by atoms with Crippen LogP contribution in [0.4, 0.5) is 13.2 Å². The summed E-state index contributed by atoms with van der Waals surface area (Å²) in [6.45, 7) is 1.72. The zero-order chi connectivity index (χ0) is 15.6. The van der Waals surface area contributed by atoms with Crippen LogP contribution in [-0.2, 0) is 6.18 Å². The number of benzene rings is 2. The largest absolute Gasteiger partial charge is 0.417 e. The van der Waals surface area contributed by atoms with Crippen molar-refractivity contribution in [3.05, 3.63) is 58.7 Å². The van der Waals surface area contributed by atoms with Crippen LogP contribution in [0, 0.1) is 29.6 Å². The summed E-state index contributed by atoms with van der Waals surface area (Å²) in [5.41, 5.74) is 0.754. The molecule has 0 aliphatic rings. The SMILES string of the molecule is Cc1cc(C#N)ccc1-c1ccc(C#N)c(C(F)(F)F)c1. The molecule has 2 rings (SSSR count). The second-order valence-corrected chi connectivity index (χ2v) is 4.51. The molecule has 0 aliphatic carbocycles. The van der Waals surface area contributed by atoms with Gasteiger partial charge in [-0.1, -0.05) is 12.1 Å². The highest BCUT2D eigenvalue weighted by Gasteiger charge is 2.33. The average Bonchev–Trinajstić information content (AvgIpc) is 2.45. The maximum atomic E-state index is 13.0. The summed E-state index contributed by atoms with van der Waals surface area (Å²) in [7, 11) is 0. The Balaban J connectivity index is 2.62. The van der Waals surface area contributed by atoms with Gasteiger partial charge in [-0.25, -0.2) is 0 Å². The van der Waals surface area contributed by atoms with Gasteiger partial charge in [0.1, 0.15) is 0 Å². The fraction of sp³-hybridized carbons (Fsp3) is 0.125. The number of alkyl halides is 3. The topological polar surface area (TPSA) is 47.6 Å². The summed E-state index contributed by atoms with van der Waals surface area (Å²) < 4.78 is 38.9. The van der Waals surface area contributed by atoms with Gasteiger partial charge in [-0.3, -0.25) is 0 Å². The van der Waals surface area contributed by atoms with Gasteiger partial charge >= 0.3 is 6.18 Å². The summed E-state index contributed by atoms with van der Waals surface area (Å²) in [6, 6.07) is 11.9. The summed E-state index contributed by atoms with van der Waals surface area (Å²) in [5, 5.41) is 17.6. The molecule has 2 nitrogen and oxygen atoms in total. The van der Waals surface area contributed by atoms with E-state index >= 15 is 0 Å². The van der Waals surface area contributed by atoms with Crippen molar-refractivity contribution in [2.75, 3.05) is 0 Å². The molecule has 0 fully saturated rings. The Kier molecular flexibility index (Phi) is 3.69. The predicted molar refractivity (Wildman–Crippen MR) is 71.0 cm³/mol. The standard InChI is InChI=1S/C16H9F3N2/c1-10-6-11(8-20)2-5-14(10)12-3-4-13(9-21)15(7-12)16(17,18)19/h2-7H,1H3. The van der Waals surface area contributed by atoms with Gasteiger partial charge in [0.25, 0.3) is 0 Å². The van der Waals surface area contributed by atoms with Crippen molar-refractivity contribution < 1.29 is 13.2 Å². The molecule has 21 heavy (non-hydrogen) atoms. The van der Waals surface area contributed by atoms with Crippen LogP contribution in [0.1, 0.15) is 22.3 Å². The molecular weight excluding hydrogens is 277 g/mol. The maximum absolute atomic E-state index is 13.0. The number of hydrogen-bond donors (Lipinski definition) is 0. The van der Waals surface area contributed by atoms with Crippen molar-refractivity contribution in [1.82, 2.24) is 0 Å². The van der Waals surface area contributed by atoms with Crippen molar-refractivity contribution >= 4 is 0 Å². The molecule has 0 saturated carbocycles. The lowest BCUT2D eigenvalue weighted by atomic mass is 9.95. The molecule has 5 heteroatoms. The minimum Gasteiger partial charge on any atom is -0.192 e. The lowest BCUT2D eigenvalue weighted by molar-refractivity contribution is -0.137. The fourth-order valence-corrected chi connectivity index (χ4v) is 2.10. The first-order valence-corrected chi connectivity index (χ1v) is 5.99. The molecule has 0 unspecified atom stereocenters. The first-order chi connectivity index (χ1) is 9.86. The van der Waals surface area contributed by atoms with E-state index in [0.29, 0.717) is 22.3 Å². The third-order valence-electron chi connectivity index (χ3n) is 3.11. The molecule has 104 valence electrons. The molecule has 0 radical (unpaired) electrons. The van der Waals surface area contributed by atoms with Gasteiger partial charge in [-0.15, -0.1) is 0 Å². The second kappa shape index (κ2) is 5.30. The van der Waals surface area contributed by atoms with Gasteiger partial charge in [-0.2, -0.15) is 23.7 Å². The molecule has 0 heterocycles. The van der Waals surface area contributed by atoms with E-state index in [0.717, 1.165) is 12.1 Å². The molecule has 2 aromatic rings. The molecule has 0 aliphatic heterocycles. The summed E-state index contributed by atoms with van der Waals surface area (Å²) >= 11 is 0. The number of aryl methyl sites for hydroxylation is 1. The van der Waals surface area contributed by atoms with Crippen LogP contribution in [0.5, 0.6) is 0 Å². The van der Waals surface area contributed by atoms with Crippen LogP contribution in [-0.4, -0.2) is 0 Å². The Labute approximate surface area is 119 Å². The predicted octanol–water partition coefficient (Wildman–Crippen LogP) is 4.42. The normalized spacial score (nSPS) is 10.8. The van der Waals surface area contributed by atoms with E-state index in [9.17, 15) is 13.2 Å². The zero-order valence-corrected chi connectivity index (χ0v) is 11.0. The van der Waals surface area contributed by atoms with Crippen LogP contribution in [0.15, 0.2) is 36.4 Å². The van der Waals surface area contributed by atoms with E-state index in [4.69, 9.17) is 10.5 Å². The van der Waals surface area contributed by atoms with Crippen LogP contribution in [0.25, 0.3) is 11.1 Å². The van der Waals surface area contributed by atoms with E-state index in [1.807, 2.05) is 6.07 Å². The zero-order valence-electron chi connectivity index (χ0n) is 11.0. The van der Waals surface area contributed by atoms with Crippen molar-refractivity contribution in [2.24, 2.45) is 0 Å². The number of halogens is 3. The van der Waals surface area contributed by atoms with Crippen molar-refractivity contribution in [3.8, 4) is 23.3 Å². The number of rotatable bonds is 1. The van der Waals surface area contributed by atoms with Gasteiger partial charge in [0, 0.05) is 0 Å². The molecule has 0 saturated heterocycles. The molecular formula is C16H9F3N2. The first-order valence-electron chi connectivity index (χ1n) is 5.99. The Bertz CT molecular complexity index is 778. The first kappa shape index (κ1) is 14.6. The van der Waals surface area contributed by atoms with Crippen LogP contribution in [0.3, 0.4) is 0 Å². The van der Waals surface area contributed by atoms with Gasteiger partial charge in [-0.05, 0) is 47.9 Å². The fourth-order valence-electron chi connectivity index (χ4n) is 2.10. The minimum absolute atomic E-state index is 0.364. The summed E-state index contributed by atoms with van der Waals surface area (Å²) in [4.78, 5) is 0. The molecule has 0 bridgehead atoms. The third kappa shape index (κ3) is 2.88. The molecule has 0 atom stereocenters. The number of hydrogen-bond acceptors (Lipinski definition) is 2. The van der Waals surface area contributed by atoms with Gasteiger partial charge in [0.15, 0.2) is 0 Å². The maximum Gasteiger partial charge on any atom is 0.417 e. The third-order valence-corrected chi connectivity index (χ3v) is 3.11. The van der Waals surface area contributed by atoms with Crippen LogP contribution in [0.2, 0.25) is 0 Å². The van der Waals surface area contributed by atoms with Crippen LogP contribution < -0.4 is 0 Å². The number of nitrogens with zero attached hydrogens (tertiary/aromatic N) is 2. The van der Waals surface area contributed by atoms with Gasteiger partial charge in [0.2, 0.25) is 0 Å². The highest BCUT2D eigenvalue weighted by atomic mass is 19.4. The summed E-state index contributed by atoms with van der Waals surface area (Å²) in [6.07, 6.45) is -4.58. The second-order valence-electron chi connectivity index (χ2n) is 4.51. The van der Waals surface area contributed by atoms with E-state index in [1.165, 1.54) is 6.07 Å². The average molecular weight is 286 g/mol. The van der Waals surface area contributed by atoms with Gasteiger partial charge in [0.05, 0.1) is 28.8 Å². The van der Waals surface area contributed by atoms with Crippen LogP contribution >= 0.6 is 0 Å². The molecule has 0 spiro atoms. The molecule has 2 aromatic carbocycles. The highest BCUT2D eigenvalue weighted by molar-refractivity contribution is 5.70. The quantitative estimate of drug-likeness (QED) is 0.778. The Morgan fingerprint density at radius 1 is 0.952 bits per heavy atom. The monoisotopic (exact) mass is 286 g/mol. The smallest absolute Gasteiger partial charge is 0.192 e. The Hall–Kier alpha value is -2.79. The van der Waals surface area contributed by atoms with E-state index < -0.39 is 17.3 Å².